The lowest BCUT2D eigenvalue weighted by molar-refractivity contribution is -0.162. The Morgan fingerprint density at radius 3 is 2.41 bits per heavy atom. The molecule has 6 nitrogen and oxygen atoms in total. The number of hydrogen-bond donors (Lipinski definition) is 1. The van der Waals surface area contributed by atoms with Crippen molar-refractivity contribution in [2.24, 2.45) is 17.3 Å². The lowest BCUT2D eigenvalue weighted by atomic mass is 9.46. The highest BCUT2D eigenvalue weighted by Crippen LogP contribution is 2.62. The van der Waals surface area contributed by atoms with Gasteiger partial charge >= 0.3 is 0 Å². The number of amides is 2. The van der Waals surface area contributed by atoms with E-state index in [0.717, 1.165) is 49.2 Å². The number of carbonyl (C=O) groups is 2. The zero-order valence-corrected chi connectivity index (χ0v) is 17.9. The van der Waals surface area contributed by atoms with Crippen molar-refractivity contribution in [2.75, 3.05) is 21.3 Å². The van der Waals surface area contributed by atoms with Crippen molar-refractivity contribution < 1.29 is 19.1 Å². The molecule has 0 aromatic heterocycles. The third kappa shape index (κ3) is 3.58. The molecule has 158 valence electrons. The van der Waals surface area contributed by atoms with Crippen LogP contribution in [0.2, 0.25) is 0 Å². The fourth-order valence-corrected chi connectivity index (χ4v) is 6.75. The molecule has 0 heterocycles. The summed E-state index contributed by atoms with van der Waals surface area (Å²) in [6, 6.07) is 5.71. The Balaban J connectivity index is 1.55. The molecule has 4 aliphatic carbocycles. The zero-order chi connectivity index (χ0) is 20.8. The van der Waals surface area contributed by atoms with E-state index in [4.69, 9.17) is 9.47 Å². The van der Waals surface area contributed by atoms with Gasteiger partial charge in [-0.1, -0.05) is 0 Å². The Morgan fingerprint density at radius 2 is 1.83 bits per heavy atom. The molecule has 0 saturated heterocycles. The van der Waals surface area contributed by atoms with Crippen molar-refractivity contribution in [2.45, 2.75) is 57.5 Å². The highest BCUT2D eigenvalue weighted by atomic mass is 16.5. The van der Waals surface area contributed by atoms with Gasteiger partial charge in [0.2, 0.25) is 11.8 Å². The first-order chi connectivity index (χ1) is 13.8. The molecular weight excluding hydrogens is 368 g/mol. The molecule has 4 fully saturated rings. The molecule has 4 aliphatic rings. The number of hydrogen-bond acceptors (Lipinski definition) is 4. The molecule has 0 aliphatic heterocycles. The van der Waals surface area contributed by atoms with Crippen LogP contribution in [-0.2, 0) is 16.1 Å². The first-order valence-electron chi connectivity index (χ1n) is 10.5. The maximum Gasteiger partial charge on any atom is 0.228 e. The molecule has 29 heavy (non-hydrogen) atoms. The molecule has 1 aromatic rings. The van der Waals surface area contributed by atoms with Gasteiger partial charge in [0, 0.05) is 37.7 Å². The highest BCUT2D eigenvalue weighted by Gasteiger charge is 2.61. The van der Waals surface area contributed by atoms with Crippen LogP contribution in [0.1, 0.15) is 51.0 Å². The van der Waals surface area contributed by atoms with Gasteiger partial charge in [-0.2, -0.15) is 0 Å². The van der Waals surface area contributed by atoms with Crippen LogP contribution < -0.4 is 14.8 Å². The molecular formula is C23H32N2O4. The van der Waals surface area contributed by atoms with Crippen LogP contribution in [0.15, 0.2) is 18.2 Å². The van der Waals surface area contributed by atoms with Gasteiger partial charge in [-0.25, -0.2) is 0 Å². The van der Waals surface area contributed by atoms with Gasteiger partial charge in [-0.05, 0) is 62.5 Å². The van der Waals surface area contributed by atoms with E-state index in [1.165, 1.54) is 6.42 Å². The summed E-state index contributed by atoms with van der Waals surface area (Å²) in [5, 5.41) is 3.24. The number of rotatable bonds is 6. The number of ether oxygens (including phenoxy) is 2. The minimum atomic E-state index is -0.346. The maximum atomic E-state index is 13.7. The van der Waals surface area contributed by atoms with Crippen molar-refractivity contribution in [3.05, 3.63) is 23.8 Å². The third-order valence-electron chi connectivity index (χ3n) is 7.20. The molecule has 0 spiro atoms. The molecule has 4 bridgehead atoms. The predicted octanol–water partition coefficient (Wildman–Crippen LogP) is 3.14. The van der Waals surface area contributed by atoms with Gasteiger partial charge in [0.15, 0.2) is 0 Å². The second-order valence-corrected chi connectivity index (χ2v) is 9.54. The molecule has 1 N–H and O–H groups in total. The summed E-state index contributed by atoms with van der Waals surface area (Å²) in [4.78, 5) is 27.4. The fourth-order valence-electron chi connectivity index (χ4n) is 6.75. The quantitative estimate of drug-likeness (QED) is 0.797. The number of methoxy groups -OCH3 is 2. The Bertz CT molecular complexity index is 807. The number of nitrogens with one attached hydrogen (secondary N) is 1. The van der Waals surface area contributed by atoms with Crippen LogP contribution in [0.5, 0.6) is 11.5 Å². The lowest BCUT2D eigenvalue weighted by Crippen LogP contribution is -2.65. The summed E-state index contributed by atoms with van der Waals surface area (Å²) in [5.41, 5.74) is 0.427. The van der Waals surface area contributed by atoms with Gasteiger partial charge in [0.25, 0.3) is 0 Å². The minimum Gasteiger partial charge on any atom is -0.497 e. The van der Waals surface area contributed by atoms with Gasteiger partial charge in [0.05, 0.1) is 19.6 Å². The number of carbonyl (C=O) groups excluding carboxylic acids is 2. The molecule has 4 saturated carbocycles. The van der Waals surface area contributed by atoms with Crippen molar-refractivity contribution >= 4 is 11.8 Å². The van der Waals surface area contributed by atoms with E-state index >= 15 is 0 Å². The van der Waals surface area contributed by atoms with Crippen molar-refractivity contribution in [3.8, 4) is 11.5 Å². The molecule has 1 aromatic carbocycles. The topological polar surface area (TPSA) is 67.9 Å². The van der Waals surface area contributed by atoms with Crippen molar-refractivity contribution in [3.63, 3.8) is 0 Å². The van der Waals surface area contributed by atoms with Crippen LogP contribution in [0.25, 0.3) is 0 Å². The standard InChI is InChI=1S/C23H32N2O4/c1-15(26)24-23-11-16-7-17(12-23)10-22(9-16,14-23)21(27)25(2)13-18-5-6-19(28-3)8-20(18)29-4/h5-6,8,16-17H,7,9-14H2,1-4H3,(H,24,26)/t16-,17-,22?,23?/m0/s1. The largest absolute Gasteiger partial charge is 0.497 e. The number of nitrogens with zero attached hydrogens (tertiary/aromatic N) is 1. The molecule has 2 amide bonds. The predicted molar refractivity (Wildman–Crippen MR) is 110 cm³/mol. The normalized spacial score (nSPS) is 32.0. The fraction of sp³-hybridized carbons (Fsp3) is 0.652. The second kappa shape index (κ2) is 7.22. The second-order valence-electron chi connectivity index (χ2n) is 9.54. The highest BCUT2D eigenvalue weighted by molar-refractivity contribution is 5.84. The Kier molecular flexibility index (Phi) is 4.99. The average Bonchev–Trinajstić information content (AvgIpc) is 2.65. The zero-order valence-electron chi connectivity index (χ0n) is 17.9. The van der Waals surface area contributed by atoms with Gasteiger partial charge < -0.3 is 19.7 Å². The SMILES string of the molecule is COc1ccc(CN(C)C(=O)C23C[C@@H]4C[C@H](CC(NC(C)=O)(C4)C2)C3)c(OC)c1. The van der Waals surface area contributed by atoms with Crippen molar-refractivity contribution in [1.82, 2.24) is 10.2 Å². The van der Waals surface area contributed by atoms with E-state index in [1.54, 1.807) is 21.1 Å². The van der Waals surface area contributed by atoms with Gasteiger partial charge in [-0.15, -0.1) is 0 Å². The molecule has 2 atom stereocenters. The van der Waals surface area contributed by atoms with Crippen LogP contribution >= 0.6 is 0 Å². The first kappa shape index (κ1) is 20.0. The van der Waals surface area contributed by atoms with E-state index in [0.29, 0.717) is 18.4 Å². The molecule has 0 radical (unpaired) electrons. The average molecular weight is 401 g/mol. The first-order valence-corrected chi connectivity index (χ1v) is 10.5. The number of benzene rings is 1. The maximum absolute atomic E-state index is 13.7. The minimum absolute atomic E-state index is 0.0193. The van der Waals surface area contributed by atoms with E-state index in [9.17, 15) is 9.59 Å². The summed E-state index contributed by atoms with van der Waals surface area (Å²) in [6.07, 6.45) is 5.92. The van der Waals surface area contributed by atoms with E-state index in [1.807, 2.05) is 30.1 Å². The van der Waals surface area contributed by atoms with Crippen molar-refractivity contribution in [1.29, 1.82) is 0 Å². The summed E-state index contributed by atoms with van der Waals surface area (Å²) in [6.45, 7) is 2.09. The lowest BCUT2D eigenvalue weighted by Gasteiger charge is -2.61. The summed E-state index contributed by atoms with van der Waals surface area (Å²) < 4.78 is 10.8. The van der Waals surface area contributed by atoms with Gasteiger partial charge in [0.1, 0.15) is 11.5 Å². The summed E-state index contributed by atoms with van der Waals surface area (Å²) in [7, 11) is 5.15. The van der Waals surface area contributed by atoms with E-state index in [-0.39, 0.29) is 22.8 Å². The Morgan fingerprint density at radius 1 is 1.14 bits per heavy atom. The van der Waals surface area contributed by atoms with E-state index < -0.39 is 0 Å². The monoisotopic (exact) mass is 400 g/mol. The molecule has 0 unspecified atom stereocenters. The molecule has 6 heteroatoms. The van der Waals surface area contributed by atoms with Crippen LogP contribution in [-0.4, -0.2) is 43.5 Å². The summed E-state index contributed by atoms with van der Waals surface area (Å²) in [5.74, 6) is 2.76. The summed E-state index contributed by atoms with van der Waals surface area (Å²) >= 11 is 0. The van der Waals surface area contributed by atoms with Crippen LogP contribution in [0.4, 0.5) is 0 Å². The smallest absolute Gasteiger partial charge is 0.228 e. The third-order valence-corrected chi connectivity index (χ3v) is 7.20. The Hall–Kier alpha value is -2.24. The van der Waals surface area contributed by atoms with Gasteiger partial charge in [-0.3, -0.25) is 9.59 Å². The Labute approximate surface area is 172 Å². The van der Waals surface area contributed by atoms with Crippen LogP contribution in [0.3, 0.4) is 0 Å². The molecule has 5 rings (SSSR count). The van der Waals surface area contributed by atoms with E-state index in [2.05, 4.69) is 5.32 Å². The van der Waals surface area contributed by atoms with Crippen LogP contribution in [0, 0.1) is 17.3 Å².